The van der Waals surface area contributed by atoms with E-state index in [1.165, 1.54) is 26.3 Å². The van der Waals surface area contributed by atoms with Crippen LogP contribution in [0.4, 0.5) is 13.2 Å². The maximum atomic E-state index is 12.8. The maximum Gasteiger partial charge on any atom is 0.416 e. The number of ether oxygens (including phenoxy) is 1. The molecule has 3 N–H and O–H groups in total. The molecule has 1 aromatic carbocycles. The highest BCUT2D eigenvalue weighted by molar-refractivity contribution is 5.87. The molecule has 2 amide bonds. The highest BCUT2D eigenvalue weighted by Gasteiger charge is 2.31. The average molecular weight is 384 g/mol. The van der Waals surface area contributed by atoms with E-state index in [1.54, 1.807) is 0 Å². The minimum Gasteiger partial charge on any atom is -0.383 e. The molecular weight excluding hydrogens is 363 g/mol. The maximum absolute atomic E-state index is 12.8. The molecule has 0 aromatic heterocycles. The van der Waals surface area contributed by atoms with E-state index in [2.05, 4.69) is 5.32 Å². The Morgan fingerprint density at radius 2 is 2.00 bits per heavy atom. The zero-order chi connectivity index (χ0) is 18.3. The summed E-state index contributed by atoms with van der Waals surface area (Å²) in [6, 6.07) is 3.55. The van der Waals surface area contributed by atoms with Gasteiger partial charge in [-0.15, -0.1) is 12.4 Å². The molecule has 0 saturated heterocycles. The first-order valence-corrected chi connectivity index (χ1v) is 7.09. The minimum atomic E-state index is -4.49. The molecule has 0 heterocycles. The van der Waals surface area contributed by atoms with Crippen LogP contribution in [-0.2, 0) is 27.0 Å². The van der Waals surface area contributed by atoms with Gasteiger partial charge in [0.1, 0.15) is 6.04 Å². The van der Waals surface area contributed by atoms with Crippen molar-refractivity contribution in [1.82, 2.24) is 10.2 Å². The second-order valence-electron chi connectivity index (χ2n) is 5.13. The number of nitrogens with one attached hydrogen (secondary N) is 1. The predicted octanol–water partition coefficient (Wildman–Crippen LogP) is 1.18. The van der Waals surface area contributed by atoms with Gasteiger partial charge in [0.15, 0.2) is 0 Å². The standard InChI is InChI=1S/C15H20F3N3O3.ClH/c1-20-13(22)8-21(14(23)12(19)9-24-2)7-10-4-3-5-11(6-10)15(16,17)18;/h3-6,12H,7-9,19H2,1-2H3,(H,20,22);1H. The summed E-state index contributed by atoms with van der Waals surface area (Å²) in [6.07, 6.45) is -4.49. The number of rotatable bonds is 7. The van der Waals surface area contributed by atoms with Crippen LogP contribution in [0.1, 0.15) is 11.1 Å². The van der Waals surface area contributed by atoms with Crippen LogP contribution in [0.25, 0.3) is 0 Å². The Morgan fingerprint density at radius 1 is 1.36 bits per heavy atom. The fourth-order valence-corrected chi connectivity index (χ4v) is 2.02. The van der Waals surface area contributed by atoms with Crippen LogP contribution < -0.4 is 11.1 Å². The van der Waals surface area contributed by atoms with Crippen LogP contribution in [0.3, 0.4) is 0 Å². The van der Waals surface area contributed by atoms with Crippen LogP contribution in [0.15, 0.2) is 24.3 Å². The van der Waals surface area contributed by atoms with E-state index in [0.717, 1.165) is 17.0 Å². The van der Waals surface area contributed by atoms with Gasteiger partial charge in [-0.05, 0) is 17.7 Å². The molecule has 0 radical (unpaired) electrons. The number of hydrogen-bond donors (Lipinski definition) is 2. The van der Waals surface area contributed by atoms with Gasteiger partial charge in [-0.3, -0.25) is 9.59 Å². The number of alkyl halides is 3. The first-order chi connectivity index (χ1) is 11.2. The van der Waals surface area contributed by atoms with Gasteiger partial charge in [0, 0.05) is 20.7 Å². The SMILES string of the molecule is CNC(=O)CN(Cc1cccc(C(F)(F)F)c1)C(=O)C(N)COC.Cl. The number of hydrogen-bond acceptors (Lipinski definition) is 4. The average Bonchev–Trinajstić information content (AvgIpc) is 2.53. The first kappa shape index (κ1) is 23.2. The Hall–Kier alpha value is -1.84. The van der Waals surface area contributed by atoms with Crippen LogP contribution in [-0.4, -0.2) is 50.1 Å². The minimum absolute atomic E-state index is 0. The van der Waals surface area contributed by atoms with Gasteiger partial charge in [-0.1, -0.05) is 12.1 Å². The molecule has 0 spiro atoms. The molecular formula is C15H21ClF3N3O3. The fourth-order valence-electron chi connectivity index (χ4n) is 2.02. The Morgan fingerprint density at radius 3 is 2.52 bits per heavy atom. The number of nitrogens with zero attached hydrogens (tertiary/aromatic N) is 1. The lowest BCUT2D eigenvalue weighted by Gasteiger charge is -2.25. The molecule has 0 bridgehead atoms. The van der Waals surface area contributed by atoms with Gasteiger partial charge in [0.25, 0.3) is 0 Å². The normalized spacial score (nSPS) is 12.1. The summed E-state index contributed by atoms with van der Waals surface area (Å²) in [5.41, 5.74) is 5.09. The van der Waals surface area contributed by atoms with Crippen molar-refractivity contribution in [3.05, 3.63) is 35.4 Å². The number of methoxy groups -OCH3 is 1. The van der Waals surface area contributed by atoms with E-state index in [0.29, 0.717) is 0 Å². The zero-order valence-corrected chi connectivity index (χ0v) is 14.6. The third kappa shape index (κ3) is 7.29. The molecule has 0 saturated carbocycles. The van der Waals surface area contributed by atoms with Crippen LogP contribution >= 0.6 is 12.4 Å². The summed E-state index contributed by atoms with van der Waals surface area (Å²) in [7, 11) is 2.76. The van der Waals surface area contributed by atoms with E-state index >= 15 is 0 Å². The van der Waals surface area contributed by atoms with E-state index < -0.39 is 29.6 Å². The van der Waals surface area contributed by atoms with Gasteiger partial charge in [0.05, 0.1) is 18.7 Å². The van der Waals surface area contributed by atoms with Gasteiger partial charge in [-0.2, -0.15) is 13.2 Å². The smallest absolute Gasteiger partial charge is 0.383 e. The lowest BCUT2D eigenvalue weighted by atomic mass is 10.1. The summed E-state index contributed by atoms with van der Waals surface area (Å²) < 4.78 is 43.1. The Labute approximate surface area is 149 Å². The fraction of sp³-hybridized carbons (Fsp3) is 0.467. The second kappa shape index (κ2) is 10.2. The lowest BCUT2D eigenvalue weighted by Crippen LogP contribution is -2.48. The van der Waals surface area contributed by atoms with Crippen molar-refractivity contribution in [2.24, 2.45) is 5.73 Å². The van der Waals surface area contributed by atoms with Crippen LogP contribution in [0.2, 0.25) is 0 Å². The Bertz CT molecular complexity index is 585. The predicted molar refractivity (Wildman–Crippen MR) is 88.0 cm³/mol. The molecule has 1 atom stereocenters. The van der Waals surface area contributed by atoms with Crippen molar-refractivity contribution >= 4 is 24.2 Å². The number of amides is 2. The number of carbonyl (C=O) groups is 2. The molecule has 0 aliphatic rings. The third-order valence-corrected chi connectivity index (χ3v) is 3.22. The van der Waals surface area contributed by atoms with E-state index in [1.807, 2.05) is 0 Å². The molecule has 0 aliphatic heterocycles. The molecule has 1 rings (SSSR count). The first-order valence-electron chi connectivity index (χ1n) is 7.09. The summed E-state index contributed by atoms with van der Waals surface area (Å²) >= 11 is 0. The van der Waals surface area contributed by atoms with Crippen LogP contribution in [0.5, 0.6) is 0 Å². The van der Waals surface area contributed by atoms with Crippen molar-refractivity contribution < 1.29 is 27.5 Å². The second-order valence-corrected chi connectivity index (χ2v) is 5.13. The van der Waals surface area contributed by atoms with Gasteiger partial charge in [-0.25, -0.2) is 0 Å². The summed E-state index contributed by atoms with van der Waals surface area (Å²) in [5.74, 6) is -1.04. The lowest BCUT2D eigenvalue weighted by molar-refractivity contribution is -0.138. The molecule has 1 unspecified atom stereocenters. The monoisotopic (exact) mass is 383 g/mol. The van der Waals surface area contributed by atoms with E-state index in [-0.39, 0.29) is 37.7 Å². The van der Waals surface area contributed by atoms with Crippen molar-refractivity contribution in [3.63, 3.8) is 0 Å². The number of benzene rings is 1. The molecule has 0 fully saturated rings. The Balaban J connectivity index is 0.00000576. The largest absolute Gasteiger partial charge is 0.416 e. The quantitative estimate of drug-likeness (QED) is 0.740. The molecule has 1 aromatic rings. The highest BCUT2D eigenvalue weighted by Crippen LogP contribution is 2.29. The summed E-state index contributed by atoms with van der Waals surface area (Å²) in [4.78, 5) is 25.0. The van der Waals surface area contributed by atoms with Crippen molar-refractivity contribution in [2.75, 3.05) is 27.3 Å². The Kier molecular flexibility index (Phi) is 9.47. The molecule has 0 aliphatic carbocycles. The van der Waals surface area contributed by atoms with Crippen molar-refractivity contribution in [3.8, 4) is 0 Å². The molecule has 6 nitrogen and oxygen atoms in total. The summed E-state index contributed by atoms with van der Waals surface area (Å²) in [6.45, 7) is -0.553. The molecule has 10 heteroatoms. The summed E-state index contributed by atoms with van der Waals surface area (Å²) in [5, 5.41) is 2.36. The van der Waals surface area contributed by atoms with Gasteiger partial charge in [0.2, 0.25) is 11.8 Å². The molecule has 25 heavy (non-hydrogen) atoms. The van der Waals surface area contributed by atoms with Gasteiger partial charge >= 0.3 is 6.18 Å². The van der Waals surface area contributed by atoms with Gasteiger partial charge < -0.3 is 20.7 Å². The molecule has 142 valence electrons. The van der Waals surface area contributed by atoms with Crippen LogP contribution in [0, 0.1) is 0 Å². The van der Waals surface area contributed by atoms with Crippen molar-refractivity contribution in [2.45, 2.75) is 18.8 Å². The highest BCUT2D eigenvalue weighted by atomic mass is 35.5. The number of nitrogens with two attached hydrogens (primary N) is 1. The zero-order valence-electron chi connectivity index (χ0n) is 13.8. The number of likely N-dealkylation sites (N-methyl/N-ethyl adjacent to an activating group) is 1. The number of carbonyl (C=O) groups excluding carboxylic acids is 2. The van der Waals surface area contributed by atoms with E-state index in [4.69, 9.17) is 10.5 Å². The number of halogens is 4. The van der Waals surface area contributed by atoms with Crippen molar-refractivity contribution in [1.29, 1.82) is 0 Å². The van der Waals surface area contributed by atoms with E-state index in [9.17, 15) is 22.8 Å². The third-order valence-electron chi connectivity index (χ3n) is 3.22. The topological polar surface area (TPSA) is 84.7 Å².